The molecule has 24 heavy (non-hydrogen) atoms. The fourth-order valence-corrected chi connectivity index (χ4v) is 3.31. The Morgan fingerprint density at radius 2 is 2.08 bits per heavy atom. The number of aliphatic hydroxyl groups excluding tert-OH is 1. The van der Waals surface area contributed by atoms with Gasteiger partial charge in [-0.1, -0.05) is 25.1 Å². The number of hydrogen-bond donors (Lipinski definition) is 2. The molecule has 1 heterocycles. The lowest BCUT2D eigenvalue weighted by molar-refractivity contribution is 0.0879. The molecule has 1 unspecified atom stereocenters. The van der Waals surface area contributed by atoms with Gasteiger partial charge in [-0.3, -0.25) is 4.79 Å². The van der Waals surface area contributed by atoms with Crippen LogP contribution in [0.4, 0.5) is 0 Å². The molecule has 2 aromatic rings. The second kappa shape index (κ2) is 6.77. The highest BCUT2D eigenvalue weighted by Gasteiger charge is 2.30. The summed E-state index contributed by atoms with van der Waals surface area (Å²) in [5.41, 5.74) is 3.33. The summed E-state index contributed by atoms with van der Waals surface area (Å²) in [6.07, 6.45) is 4.21. The molecular formula is C19H25N3O2. The molecule has 128 valence electrons. The highest BCUT2D eigenvalue weighted by atomic mass is 16.3. The number of amides is 1. The molecule has 2 N–H and O–H groups in total. The van der Waals surface area contributed by atoms with E-state index < -0.39 is 5.54 Å². The molecule has 1 aliphatic rings. The van der Waals surface area contributed by atoms with Gasteiger partial charge >= 0.3 is 0 Å². The van der Waals surface area contributed by atoms with Gasteiger partial charge < -0.3 is 10.4 Å². The zero-order chi connectivity index (χ0) is 17.2. The van der Waals surface area contributed by atoms with Gasteiger partial charge in [-0.25, -0.2) is 4.68 Å². The molecule has 0 spiro atoms. The van der Waals surface area contributed by atoms with Crippen LogP contribution in [0.2, 0.25) is 0 Å². The monoisotopic (exact) mass is 327 g/mol. The van der Waals surface area contributed by atoms with Crippen LogP contribution in [0.3, 0.4) is 0 Å². The average molecular weight is 327 g/mol. The Hall–Kier alpha value is -2.14. The van der Waals surface area contributed by atoms with E-state index in [0.29, 0.717) is 12.1 Å². The summed E-state index contributed by atoms with van der Waals surface area (Å²) in [4.78, 5) is 12.8. The van der Waals surface area contributed by atoms with Crippen molar-refractivity contribution >= 4 is 5.91 Å². The van der Waals surface area contributed by atoms with Gasteiger partial charge in [0.1, 0.15) is 0 Å². The van der Waals surface area contributed by atoms with E-state index in [1.807, 2.05) is 48.9 Å². The Balaban J connectivity index is 1.93. The maximum Gasteiger partial charge on any atom is 0.272 e. The summed E-state index contributed by atoms with van der Waals surface area (Å²) in [7, 11) is 0. The molecule has 1 aliphatic carbocycles. The second-order valence-electron chi connectivity index (χ2n) is 6.72. The van der Waals surface area contributed by atoms with Crippen LogP contribution in [0.15, 0.2) is 30.3 Å². The van der Waals surface area contributed by atoms with Gasteiger partial charge in [0.2, 0.25) is 0 Å². The summed E-state index contributed by atoms with van der Waals surface area (Å²) in [6, 6.07) is 9.95. The third kappa shape index (κ3) is 3.08. The summed E-state index contributed by atoms with van der Waals surface area (Å²) < 4.78 is 1.91. The van der Waals surface area contributed by atoms with Crippen molar-refractivity contribution in [3.05, 3.63) is 47.3 Å². The van der Waals surface area contributed by atoms with E-state index in [-0.39, 0.29) is 12.5 Å². The lowest BCUT2D eigenvalue weighted by Crippen LogP contribution is -2.46. The van der Waals surface area contributed by atoms with Gasteiger partial charge in [-0.05, 0) is 51.2 Å². The summed E-state index contributed by atoms with van der Waals surface area (Å²) >= 11 is 0. The van der Waals surface area contributed by atoms with Crippen LogP contribution in [-0.2, 0) is 12.8 Å². The van der Waals surface area contributed by atoms with Gasteiger partial charge in [-0.2, -0.15) is 5.10 Å². The molecule has 0 saturated carbocycles. The molecule has 1 atom stereocenters. The van der Waals surface area contributed by atoms with Crippen molar-refractivity contribution in [2.75, 3.05) is 6.61 Å². The SMILES string of the molecule is CCC(C)(CCO)NC(=O)c1nn(-c2ccccc2)c2c1CCC2. The van der Waals surface area contributed by atoms with Crippen molar-refractivity contribution in [3.8, 4) is 5.69 Å². The Labute approximate surface area is 142 Å². The maximum absolute atomic E-state index is 12.8. The van der Waals surface area contributed by atoms with Gasteiger partial charge in [0.25, 0.3) is 5.91 Å². The Bertz CT molecular complexity index is 724. The lowest BCUT2D eigenvalue weighted by Gasteiger charge is -2.28. The zero-order valence-corrected chi connectivity index (χ0v) is 14.4. The molecular weight excluding hydrogens is 302 g/mol. The van der Waals surface area contributed by atoms with Crippen LogP contribution in [0.25, 0.3) is 5.69 Å². The Kier molecular flexibility index (Phi) is 4.71. The minimum Gasteiger partial charge on any atom is -0.396 e. The number of para-hydroxylation sites is 1. The number of nitrogens with one attached hydrogen (secondary N) is 1. The highest BCUT2D eigenvalue weighted by molar-refractivity contribution is 5.94. The first-order chi connectivity index (χ1) is 11.6. The molecule has 1 amide bonds. The second-order valence-corrected chi connectivity index (χ2v) is 6.72. The molecule has 0 saturated heterocycles. The normalized spacial score (nSPS) is 15.8. The van der Waals surface area contributed by atoms with Gasteiger partial charge in [0, 0.05) is 23.4 Å². The molecule has 0 radical (unpaired) electrons. The molecule has 0 aliphatic heterocycles. The fourth-order valence-electron chi connectivity index (χ4n) is 3.31. The van der Waals surface area contributed by atoms with E-state index in [0.717, 1.165) is 42.6 Å². The van der Waals surface area contributed by atoms with E-state index in [1.54, 1.807) is 0 Å². The minimum atomic E-state index is -0.409. The van der Waals surface area contributed by atoms with Crippen molar-refractivity contribution < 1.29 is 9.90 Å². The quantitative estimate of drug-likeness (QED) is 0.857. The number of aromatic nitrogens is 2. The van der Waals surface area contributed by atoms with Crippen molar-refractivity contribution in [2.45, 2.75) is 51.5 Å². The van der Waals surface area contributed by atoms with Crippen molar-refractivity contribution in [3.63, 3.8) is 0 Å². The van der Waals surface area contributed by atoms with E-state index in [4.69, 9.17) is 0 Å². The minimum absolute atomic E-state index is 0.0567. The molecule has 1 aromatic heterocycles. The molecule has 5 nitrogen and oxygen atoms in total. The average Bonchev–Trinajstić information content (AvgIpc) is 3.18. The van der Waals surface area contributed by atoms with Crippen molar-refractivity contribution in [1.29, 1.82) is 0 Å². The number of hydrogen-bond acceptors (Lipinski definition) is 3. The fraction of sp³-hybridized carbons (Fsp3) is 0.474. The summed E-state index contributed by atoms with van der Waals surface area (Å²) in [6.45, 7) is 4.04. The number of carbonyl (C=O) groups excluding carboxylic acids is 1. The molecule has 3 rings (SSSR count). The number of carbonyl (C=O) groups is 1. The lowest BCUT2D eigenvalue weighted by atomic mass is 9.94. The molecule has 1 aromatic carbocycles. The summed E-state index contributed by atoms with van der Waals surface area (Å²) in [5, 5.41) is 17.0. The van der Waals surface area contributed by atoms with Gasteiger partial charge in [0.15, 0.2) is 5.69 Å². The zero-order valence-electron chi connectivity index (χ0n) is 14.4. The van der Waals surface area contributed by atoms with E-state index >= 15 is 0 Å². The third-order valence-corrected chi connectivity index (χ3v) is 5.01. The Morgan fingerprint density at radius 3 is 2.75 bits per heavy atom. The first-order valence-electron chi connectivity index (χ1n) is 8.67. The number of nitrogens with zero attached hydrogens (tertiary/aromatic N) is 2. The maximum atomic E-state index is 12.8. The first-order valence-corrected chi connectivity index (χ1v) is 8.67. The van der Waals surface area contributed by atoms with Crippen molar-refractivity contribution in [1.82, 2.24) is 15.1 Å². The van der Waals surface area contributed by atoms with Crippen LogP contribution < -0.4 is 5.32 Å². The number of fused-ring (bicyclic) bond motifs is 1. The Morgan fingerprint density at radius 1 is 1.33 bits per heavy atom. The summed E-state index contributed by atoms with van der Waals surface area (Å²) in [5.74, 6) is -0.138. The van der Waals surface area contributed by atoms with Crippen LogP contribution in [0.1, 0.15) is 54.9 Å². The predicted octanol–water partition coefficient (Wildman–Crippen LogP) is 2.64. The van der Waals surface area contributed by atoms with Gasteiger partial charge in [-0.15, -0.1) is 0 Å². The van der Waals surface area contributed by atoms with Gasteiger partial charge in [0.05, 0.1) is 5.69 Å². The van der Waals surface area contributed by atoms with E-state index in [1.165, 1.54) is 0 Å². The number of rotatable bonds is 6. The van der Waals surface area contributed by atoms with Crippen LogP contribution in [0.5, 0.6) is 0 Å². The van der Waals surface area contributed by atoms with Crippen LogP contribution >= 0.6 is 0 Å². The van der Waals surface area contributed by atoms with Crippen LogP contribution in [-0.4, -0.2) is 32.9 Å². The van der Waals surface area contributed by atoms with Crippen molar-refractivity contribution in [2.24, 2.45) is 0 Å². The third-order valence-electron chi connectivity index (χ3n) is 5.01. The first kappa shape index (κ1) is 16.7. The van der Waals surface area contributed by atoms with E-state index in [2.05, 4.69) is 10.4 Å². The largest absolute Gasteiger partial charge is 0.396 e. The van der Waals surface area contributed by atoms with E-state index in [9.17, 15) is 9.90 Å². The smallest absolute Gasteiger partial charge is 0.272 e. The molecule has 0 fully saturated rings. The highest BCUT2D eigenvalue weighted by Crippen LogP contribution is 2.28. The van der Waals surface area contributed by atoms with Crippen LogP contribution in [0, 0.1) is 0 Å². The number of aliphatic hydroxyl groups is 1. The predicted molar refractivity (Wildman–Crippen MR) is 93.5 cm³/mol. The molecule has 0 bridgehead atoms. The standard InChI is InChI=1S/C19H25N3O2/c1-3-19(2,12-13-23)20-18(24)17-15-10-7-11-16(15)22(21-17)14-8-5-4-6-9-14/h4-6,8-9,23H,3,7,10-13H2,1-2H3,(H,20,24). The number of benzene rings is 1. The topological polar surface area (TPSA) is 67.2 Å². The molecule has 5 heteroatoms.